The monoisotopic (exact) mass is 339 g/mol. The van der Waals surface area contributed by atoms with Crippen molar-refractivity contribution in [2.75, 3.05) is 20.2 Å². The Bertz CT molecular complexity index is 651. The number of piperidine rings is 1. The van der Waals surface area contributed by atoms with Crippen LogP contribution in [0.25, 0.3) is 0 Å². The second-order valence-corrected chi connectivity index (χ2v) is 8.91. The smallest absolute Gasteiger partial charge is 0.308 e. The molecule has 0 aromatic heterocycles. The average molecular weight is 339 g/mol. The number of sulfonamides is 1. The van der Waals surface area contributed by atoms with E-state index in [4.69, 9.17) is 4.74 Å². The van der Waals surface area contributed by atoms with Crippen molar-refractivity contribution < 1.29 is 17.9 Å². The zero-order valence-electron chi connectivity index (χ0n) is 14.2. The lowest BCUT2D eigenvalue weighted by Crippen LogP contribution is -2.40. The number of rotatable bonds is 3. The van der Waals surface area contributed by atoms with Crippen LogP contribution in [0.15, 0.2) is 29.2 Å². The molecule has 0 amide bonds. The molecule has 128 valence electrons. The van der Waals surface area contributed by atoms with Crippen molar-refractivity contribution in [3.05, 3.63) is 29.8 Å². The van der Waals surface area contributed by atoms with E-state index in [1.165, 1.54) is 11.4 Å². The maximum absolute atomic E-state index is 12.7. The number of carbonyl (C=O) groups is 1. The third kappa shape index (κ3) is 3.93. The summed E-state index contributed by atoms with van der Waals surface area (Å²) in [5.74, 6) is -0.453. The molecule has 0 spiro atoms. The number of nitrogens with zero attached hydrogens (tertiary/aromatic N) is 1. The Morgan fingerprint density at radius 3 is 2.09 bits per heavy atom. The molecule has 1 aromatic carbocycles. The van der Waals surface area contributed by atoms with Crippen molar-refractivity contribution in [1.29, 1.82) is 0 Å². The van der Waals surface area contributed by atoms with Crippen LogP contribution in [0.1, 0.15) is 39.2 Å². The van der Waals surface area contributed by atoms with E-state index in [0.717, 1.165) is 5.56 Å². The molecule has 0 atom stereocenters. The van der Waals surface area contributed by atoms with Gasteiger partial charge < -0.3 is 4.74 Å². The SMILES string of the molecule is COC(=O)C1CCN(S(=O)(=O)c2ccc(C(C)(C)C)cc2)CC1. The lowest BCUT2D eigenvalue weighted by Gasteiger charge is -2.30. The van der Waals surface area contributed by atoms with E-state index in [-0.39, 0.29) is 17.3 Å². The first-order chi connectivity index (χ1) is 10.7. The van der Waals surface area contributed by atoms with E-state index in [1.54, 1.807) is 12.1 Å². The number of methoxy groups -OCH3 is 1. The summed E-state index contributed by atoms with van der Waals surface area (Å²) in [4.78, 5) is 11.8. The minimum Gasteiger partial charge on any atom is -0.469 e. The van der Waals surface area contributed by atoms with Crippen LogP contribution in [0.3, 0.4) is 0 Å². The second-order valence-electron chi connectivity index (χ2n) is 6.98. The van der Waals surface area contributed by atoms with E-state index in [9.17, 15) is 13.2 Å². The van der Waals surface area contributed by atoms with Crippen molar-refractivity contribution in [3.63, 3.8) is 0 Å². The summed E-state index contributed by atoms with van der Waals surface area (Å²) < 4.78 is 31.6. The number of hydrogen-bond donors (Lipinski definition) is 0. The fourth-order valence-electron chi connectivity index (χ4n) is 2.77. The molecule has 1 aliphatic rings. The van der Waals surface area contributed by atoms with Crippen LogP contribution < -0.4 is 0 Å². The standard InChI is InChI=1S/C17H25NO4S/c1-17(2,3)14-5-7-15(8-6-14)23(20,21)18-11-9-13(10-12-18)16(19)22-4/h5-8,13H,9-12H2,1-4H3. The summed E-state index contributed by atoms with van der Waals surface area (Å²) in [5.41, 5.74) is 1.09. The highest BCUT2D eigenvalue weighted by Crippen LogP contribution is 2.27. The van der Waals surface area contributed by atoms with Gasteiger partial charge in [-0.25, -0.2) is 8.42 Å². The summed E-state index contributed by atoms with van der Waals surface area (Å²) in [6.45, 7) is 6.97. The molecule has 1 fully saturated rings. The molecule has 1 aliphatic heterocycles. The maximum Gasteiger partial charge on any atom is 0.308 e. The highest BCUT2D eigenvalue weighted by atomic mass is 32.2. The second kappa shape index (κ2) is 6.61. The van der Waals surface area contributed by atoms with Crippen LogP contribution in [0.4, 0.5) is 0 Å². The van der Waals surface area contributed by atoms with Crippen molar-refractivity contribution in [2.24, 2.45) is 5.92 Å². The van der Waals surface area contributed by atoms with Gasteiger partial charge in [0, 0.05) is 13.1 Å². The van der Waals surface area contributed by atoms with Gasteiger partial charge in [-0.05, 0) is 36.0 Å². The molecular formula is C17H25NO4S. The Morgan fingerprint density at radius 1 is 1.13 bits per heavy atom. The van der Waals surface area contributed by atoms with Crippen LogP contribution in [-0.2, 0) is 25.0 Å². The van der Waals surface area contributed by atoms with Crippen LogP contribution >= 0.6 is 0 Å². The molecule has 1 saturated heterocycles. The lowest BCUT2D eigenvalue weighted by molar-refractivity contribution is -0.146. The van der Waals surface area contributed by atoms with E-state index >= 15 is 0 Å². The zero-order chi connectivity index (χ0) is 17.3. The van der Waals surface area contributed by atoms with E-state index < -0.39 is 10.0 Å². The molecule has 0 unspecified atom stereocenters. The summed E-state index contributed by atoms with van der Waals surface area (Å²) >= 11 is 0. The van der Waals surface area contributed by atoms with Gasteiger partial charge in [0.25, 0.3) is 0 Å². The van der Waals surface area contributed by atoms with Gasteiger partial charge in [-0.2, -0.15) is 4.31 Å². The van der Waals surface area contributed by atoms with Crippen molar-refractivity contribution >= 4 is 16.0 Å². The largest absolute Gasteiger partial charge is 0.469 e. The fourth-order valence-corrected chi connectivity index (χ4v) is 4.24. The van der Waals surface area contributed by atoms with Gasteiger partial charge in [0.1, 0.15) is 0 Å². The van der Waals surface area contributed by atoms with E-state index in [0.29, 0.717) is 30.8 Å². The highest BCUT2D eigenvalue weighted by Gasteiger charge is 2.32. The Balaban J connectivity index is 2.12. The number of benzene rings is 1. The number of hydrogen-bond acceptors (Lipinski definition) is 4. The molecule has 1 heterocycles. The molecule has 23 heavy (non-hydrogen) atoms. The van der Waals surface area contributed by atoms with Gasteiger partial charge in [-0.3, -0.25) is 4.79 Å². The first-order valence-corrected chi connectivity index (χ1v) is 9.29. The molecule has 0 bridgehead atoms. The molecule has 0 N–H and O–H groups in total. The minimum atomic E-state index is -3.50. The normalized spacial score (nSPS) is 17.9. The highest BCUT2D eigenvalue weighted by molar-refractivity contribution is 7.89. The Labute approximate surface area is 138 Å². The summed E-state index contributed by atoms with van der Waals surface area (Å²) in [6.07, 6.45) is 1.01. The first-order valence-electron chi connectivity index (χ1n) is 7.85. The van der Waals surface area contributed by atoms with Crippen LogP contribution in [-0.4, -0.2) is 38.9 Å². The Hall–Kier alpha value is -1.40. The lowest BCUT2D eigenvalue weighted by atomic mass is 9.87. The molecule has 2 rings (SSSR count). The molecule has 1 aromatic rings. The molecular weight excluding hydrogens is 314 g/mol. The van der Waals surface area contributed by atoms with Gasteiger partial charge in [0.15, 0.2) is 0 Å². The van der Waals surface area contributed by atoms with Crippen molar-refractivity contribution in [1.82, 2.24) is 4.31 Å². The maximum atomic E-state index is 12.7. The van der Waals surface area contributed by atoms with Gasteiger partial charge in [0.05, 0.1) is 17.9 Å². The van der Waals surface area contributed by atoms with Crippen LogP contribution in [0.2, 0.25) is 0 Å². The van der Waals surface area contributed by atoms with Crippen molar-refractivity contribution in [2.45, 2.75) is 43.9 Å². The molecule has 0 aliphatic carbocycles. The summed E-state index contributed by atoms with van der Waals surface area (Å²) in [6, 6.07) is 7.08. The topological polar surface area (TPSA) is 63.7 Å². The predicted octanol–water partition coefficient (Wildman–Crippen LogP) is 2.56. The van der Waals surface area contributed by atoms with E-state index in [1.807, 2.05) is 12.1 Å². The first kappa shape index (κ1) is 17.9. The minimum absolute atomic E-state index is 0.0127. The van der Waals surface area contributed by atoms with Gasteiger partial charge in [-0.1, -0.05) is 32.9 Å². The number of carbonyl (C=O) groups excluding carboxylic acids is 1. The number of ether oxygens (including phenoxy) is 1. The van der Waals surface area contributed by atoms with E-state index in [2.05, 4.69) is 20.8 Å². The van der Waals surface area contributed by atoms with Crippen LogP contribution in [0, 0.1) is 5.92 Å². The Kier molecular flexibility index (Phi) is 5.16. The third-order valence-corrected chi connectivity index (χ3v) is 6.26. The van der Waals surface area contributed by atoms with Crippen LogP contribution in [0.5, 0.6) is 0 Å². The third-order valence-electron chi connectivity index (χ3n) is 4.35. The molecule has 5 nitrogen and oxygen atoms in total. The summed E-state index contributed by atoms with van der Waals surface area (Å²) in [7, 11) is -2.14. The molecule has 0 radical (unpaired) electrons. The molecule has 6 heteroatoms. The average Bonchev–Trinajstić information content (AvgIpc) is 2.53. The van der Waals surface area contributed by atoms with Gasteiger partial charge >= 0.3 is 5.97 Å². The number of esters is 1. The van der Waals surface area contributed by atoms with Crippen molar-refractivity contribution in [3.8, 4) is 0 Å². The van der Waals surface area contributed by atoms with Gasteiger partial charge in [0.2, 0.25) is 10.0 Å². The summed E-state index contributed by atoms with van der Waals surface area (Å²) in [5, 5.41) is 0. The quantitative estimate of drug-likeness (QED) is 0.794. The molecule has 0 saturated carbocycles. The zero-order valence-corrected chi connectivity index (χ0v) is 15.0. The van der Waals surface area contributed by atoms with Gasteiger partial charge in [-0.15, -0.1) is 0 Å². The Morgan fingerprint density at radius 2 is 1.65 bits per heavy atom. The fraction of sp³-hybridized carbons (Fsp3) is 0.588. The predicted molar refractivity (Wildman–Crippen MR) is 88.6 cm³/mol.